The van der Waals surface area contributed by atoms with Crippen molar-refractivity contribution >= 4 is 21.9 Å². The van der Waals surface area contributed by atoms with Gasteiger partial charge < -0.3 is 5.32 Å². The van der Waals surface area contributed by atoms with Gasteiger partial charge in [0.05, 0.1) is 10.2 Å². The first-order valence-electron chi connectivity index (χ1n) is 5.90. The molecule has 0 aliphatic rings. The van der Waals surface area contributed by atoms with Gasteiger partial charge in [0.1, 0.15) is 6.33 Å². The topological polar surface area (TPSA) is 55.6 Å². The lowest BCUT2D eigenvalue weighted by Crippen LogP contribution is -2.08. The van der Waals surface area contributed by atoms with E-state index in [1.165, 1.54) is 0 Å². The average Bonchev–Trinajstić information content (AvgIpc) is 2.69. The van der Waals surface area contributed by atoms with E-state index in [0.717, 1.165) is 34.6 Å². The van der Waals surface area contributed by atoms with E-state index in [0.29, 0.717) is 5.95 Å². The molecule has 0 aromatic carbocycles. The molecule has 0 atom stereocenters. The van der Waals surface area contributed by atoms with Crippen LogP contribution in [0.4, 0.5) is 5.95 Å². The highest BCUT2D eigenvalue weighted by atomic mass is 79.9. The van der Waals surface area contributed by atoms with Gasteiger partial charge >= 0.3 is 0 Å². The molecule has 0 fully saturated rings. The molecule has 2 aromatic rings. The van der Waals surface area contributed by atoms with E-state index >= 15 is 0 Å². The van der Waals surface area contributed by atoms with Crippen molar-refractivity contribution < 1.29 is 0 Å². The molecule has 5 nitrogen and oxygen atoms in total. The first-order valence-corrected chi connectivity index (χ1v) is 6.70. The zero-order valence-corrected chi connectivity index (χ0v) is 12.3. The van der Waals surface area contributed by atoms with Gasteiger partial charge in [-0.25, -0.2) is 9.97 Å². The molecule has 0 saturated heterocycles. The lowest BCUT2D eigenvalue weighted by Gasteiger charge is -2.09. The molecule has 2 heterocycles. The second kappa shape index (κ2) is 5.48. The van der Waals surface area contributed by atoms with E-state index in [1.807, 2.05) is 18.4 Å². The average molecular weight is 310 g/mol. The van der Waals surface area contributed by atoms with Gasteiger partial charge in [0, 0.05) is 18.4 Å². The summed E-state index contributed by atoms with van der Waals surface area (Å²) in [6.07, 6.45) is 4.58. The standard InChI is InChI=1S/C12H16BrN5/c1-4-5-14-12-15-6-10(13)11(17-12)18-7-16-8(2)9(18)3/h6-7H,4-5H2,1-3H3,(H,14,15,17). The highest BCUT2D eigenvalue weighted by Gasteiger charge is 2.10. The van der Waals surface area contributed by atoms with Crippen molar-refractivity contribution in [1.29, 1.82) is 0 Å². The number of aryl methyl sites for hydroxylation is 1. The second-order valence-electron chi connectivity index (χ2n) is 4.08. The number of nitrogens with zero attached hydrogens (tertiary/aromatic N) is 4. The third kappa shape index (κ3) is 2.53. The van der Waals surface area contributed by atoms with E-state index in [-0.39, 0.29) is 0 Å². The first-order chi connectivity index (χ1) is 8.63. The van der Waals surface area contributed by atoms with Crippen LogP contribution in [0.1, 0.15) is 24.7 Å². The molecule has 0 aliphatic carbocycles. The summed E-state index contributed by atoms with van der Waals surface area (Å²) < 4.78 is 2.81. The van der Waals surface area contributed by atoms with Gasteiger partial charge in [0.25, 0.3) is 0 Å². The van der Waals surface area contributed by atoms with Crippen LogP contribution < -0.4 is 5.32 Å². The van der Waals surface area contributed by atoms with Crippen molar-refractivity contribution in [2.75, 3.05) is 11.9 Å². The molecule has 2 aromatic heterocycles. The maximum absolute atomic E-state index is 4.51. The van der Waals surface area contributed by atoms with E-state index in [4.69, 9.17) is 0 Å². The monoisotopic (exact) mass is 309 g/mol. The molecular weight excluding hydrogens is 294 g/mol. The Hall–Kier alpha value is -1.43. The van der Waals surface area contributed by atoms with Crippen LogP contribution in [-0.4, -0.2) is 26.1 Å². The normalized spacial score (nSPS) is 10.7. The van der Waals surface area contributed by atoms with Crippen molar-refractivity contribution in [3.63, 3.8) is 0 Å². The van der Waals surface area contributed by atoms with Gasteiger partial charge in [-0.2, -0.15) is 4.98 Å². The maximum atomic E-state index is 4.51. The number of nitrogens with one attached hydrogen (secondary N) is 1. The minimum atomic E-state index is 0.640. The molecule has 6 heteroatoms. The fourth-order valence-electron chi connectivity index (χ4n) is 1.56. The van der Waals surface area contributed by atoms with Gasteiger partial charge in [-0.1, -0.05) is 6.92 Å². The van der Waals surface area contributed by atoms with Crippen LogP contribution in [0.3, 0.4) is 0 Å². The number of rotatable bonds is 4. The summed E-state index contributed by atoms with van der Waals surface area (Å²) in [4.78, 5) is 13.0. The Morgan fingerprint density at radius 2 is 2.11 bits per heavy atom. The van der Waals surface area contributed by atoms with Gasteiger partial charge in [0.2, 0.25) is 5.95 Å². The number of anilines is 1. The van der Waals surface area contributed by atoms with Crippen molar-refractivity contribution in [3.8, 4) is 5.82 Å². The molecule has 0 saturated carbocycles. The second-order valence-corrected chi connectivity index (χ2v) is 4.93. The molecule has 0 radical (unpaired) electrons. The number of hydrogen-bond donors (Lipinski definition) is 1. The van der Waals surface area contributed by atoms with E-state index in [2.05, 4.69) is 43.1 Å². The molecule has 18 heavy (non-hydrogen) atoms. The van der Waals surface area contributed by atoms with E-state index < -0.39 is 0 Å². The van der Waals surface area contributed by atoms with Crippen molar-refractivity contribution in [3.05, 3.63) is 28.4 Å². The van der Waals surface area contributed by atoms with Crippen LogP contribution in [0, 0.1) is 13.8 Å². The lowest BCUT2D eigenvalue weighted by molar-refractivity contribution is 0.905. The predicted molar refractivity (Wildman–Crippen MR) is 75.1 cm³/mol. The molecule has 0 unspecified atom stereocenters. The molecule has 0 bridgehead atoms. The quantitative estimate of drug-likeness (QED) is 0.943. The molecule has 0 spiro atoms. The summed E-state index contributed by atoms with van der Waals surface area (Å²) in [7, 11) is 0. The van der Waals surface area contributed by atoms with Crippen LogP contribution in [-0.2, 0) is 0 Å². The minimum Gasteiger partial charge on any atom is -0.354 e. The van der Waals surface area contributed by atoms with E-state index in [1.54, 1.807) is 12.5 Å². The number of halogens is 1. The fraction of sp³-hybridized carbons (Fsp3) is 0.417. The first kappa shape index (κ1) is 13.0. The van der Waals surface area contributed by atoms with Crippen molar-refractivity contribution in [2.24, 2.45) is 0 Å². The number of hydrogen-bond acceptors (Lipinski definition) is 4. The van der Waals surface area contributed by atoms with Gasteiger partial charge in [0.15, 0.2) is 5.82 Å². The Bertz CT molecular complexity index is 549. The summed E-state index contributed by atoms with van der Waals surface area (Å²) in [5, 5.41) is 3.18. The molecule has 96 valence electrons. The third-order valence-electron chi connectivity index (χ3n) is 2.74. The Morgan fingerprint density at radius 3 is 2.72 bits per heavy atom. The fourth-order valence-corrected chi connectivity index (χ4v) is 1.94. The molecule has 0 aliphatic heterocycles. The minimum absolute atomic E-state index is 0.640. The summed E-state index contributed by atoms with van der Waals surface area (Å²) >= 11 is 3.48. The zero-order valence-electron chi connectivity index (χ0n) is 10.7. The smallest absolute Gasteiger partial charge is 0.224 e. The molecule has 1 N–H and O–H groups in total. The van der Waals surface area contributed by atoms with Crippen LogP contribution >= 0.6 is 15.9 Å². The lowest BCUT2D eigenvalue weighted by atomic mass is 10.4. The molecule has 2 rings (SSSR count). The van der Waals surface area contributed by atoms with Gasteiger partial charge in [-0.05, 0) is 36.2 Å². The largest absolute Gasteiger partial charge is 0.354 e. The highest BCUT2D eigenvalue weighted by Crippen LogP contribution is 2.21. The third-order valence-corrected chi connectivity index (χ3v) is 3.30. The Balaban J connectivity index is 2.40. The van der Waals surface area contributed by atoms with Crippen molar-refractivity contribution in [2.45, 2.75) is 27.2 Å². The van der Waals surface area contributed by atoms with Gasteiger partial charge in [-0.3, -0.25) is 4.57 Å². The number of imidazole rings is 1. The zero-order chi connectivity index (χ0) is 13.1. The molecule has 0 amide bonds. The summed E-state index contributed by atoms with van der Waals surface area (Å²) in [5.74, 6) is 1.45. The highest BCUT2D eigenvalue weighted by molar-refractivity contribution is 9.10. The summed E-state index contributed by atoms with van der Waals surface area (Å²) in [6, 6.07) is 0. The maximum Gasteiger partial charge on any atom is 0.224 e. The van der Waals surface area contributed by atoms with E-state index in [9.17, 15) is 0 Å². The van der Waals surface area contributed by atoms with Crippen LogP contribution in [0.25, 0.3) is 5.82 Å². The summed E-state index contributed by atoms with van der Waals surface area (Å²) in [5.41, 5.74) is 2.08. The Kier molecular flexibility index (Phi) is 3.96. The Morgan fingerprint density at radius 1 is 1.33 bits per heavy atom. The SMILES string of the molecule is CCCNc1ncc(Br)c(-n2cnc(C)c2C)n1. The van der Waals surface area contributed by atoms with Crippen LogP contribution in [0.5, 0.6) is 0 Å². The Labute approximate surface area is 115 Å². The van der Waals surface area contributed by atoms with Crippen molar-refractivity contribution in [1.82, 2.24) is 19.5 Å². The summed E-state index contributed by atoms with van der Waals surface area (Å²) in [6.45, 7) is 6.98. The predicted octanol–water partition coefficient (Wildman–Crippen LogP) is 2.86. The van der Waals surface area contributed by atoms with Crippen LogP contribution in [0.15, 0.2) is 17.0 Å². The van der Waals surface area contributed by atoms with Gasteiger partial charge in [-0.15, -0.1) is 0 Å². The number of aromatic nitrogens is 4. The molecular formula is C12H16BrN5. The van der Waals surface area contributed by atoms with Crippen LogP contribution in [0.2, 0.25) is 0 Å².